The van der Waals surface area contributed by atoms with Crippen LogP contribution in [0.5, 0.6) is 0 Å². The van der Waals surface area contributed by atoms with E-state index in [1.54, 1.807) is 0 Å². The fraction of sp³-hybridized carbons (Fsp3) is 0.571. The molecular weight excluding hydrogens is 184 g/mol. The van der Waals surface area contributed by atoms with Gasteiger partial charge in [-0.15, -0.1) is 0 Å². The summed E-state index contributed by atoms with van der Waals surface area (Å²) in [4.78, 5) is 0. The lowest BCUT2D eigenvalue weighted by molar-refractivity contribution is 0.0530. The Morgan fingerprint density at radius 1 is 1.20 bits per heavy atom. The van der Waals surface area contributed by atoms with E-state index in [1.165, 1.54) is 36.8 Å². The average Bonchev–Trinajstić information content (AvgIpc) is 2.28. The Kier molecular flexibility index (Phi) is 2.83. The van der Waals surface area contributed by atoms with Crippen molar-refractivity contribution in [3.8, 4) is 0 Å². The summed E-state index contributed by atoms with van der Waals surface area (Å²) in [5.41, 5.74) is 3.35. The molecule has 0 saturated carbocycles. The molecule has 0 saturated heterocycles. The van der Waals surface area contributed by atoms with Crippen LogP contribution < -0.4 is 0 Å². The lowest BCUT2D eigenvalue weighted by Gasteiger charge is -2.25. The lowest BCUT2D eigenvalue weighted by atomic mass is 9.85. The smallest absolute Gasteiger partial charge is 0.0866 e. The summed E-state index contributed by atoms with van der Waals surface area (Å²) in [5.74, 6) is 0. The van der Waals surface area contributed by atoms with Crippen LogP contribution in [-0.4, -0.2) is 5.11 Å². The van der Waals surface area contributed by atoms with Crippen molar-refractivity contribution < 1.29 is 5.11 Å². The summed E-state index contributed by atoms with van der Waals surface area (Å²) in [6.07, 6.45) is 5.78. The van der Waals surface area contributed by atoms with Gasteiger partial charge in [0.2, 0.25) is 0 Å². The quantitative estimate of drug-likeness (QED) is 0.784. The highest BCUT2D eigenvalue weighted by molar-refractivity contribution is 5.36. The first-order valence-electron chi connectivity index (χ1n) is 5.98. The monoisotopic (exact) mass is 204 g/mol. The molecule has 1 unspecified atom stereocenters. The van der Waals surface area contributed by atoms with Gasteiger partial charge in [-0.25, -0.2) is 0 Å². The fourth-order valence-electron chi connectivity index (χ4n) is 2.27. The van der Waals surface area contributed by atoms with Crippen LogP contribution in [0.2, 0.25) is 0 Å². The second-order valence-electron chi connectivity index (χ2n) is 4.82. The Morgan fingerprint density at radius 3 is 2.53 bits per heavy atom. The summed E-state index contributed by atoms with van der Waals surface area (Å²) < 4.78 is 0. The SMILES string of the molecule is CCC(C)(O)c1ccc2c(c1)CCCC2. The van der Waals surface area contributed by atoms with Gasteiger partial charge in [0.05, 0.1) is 5.60 Å². The van der Waals surface area contributed by atoms with Crippen LogP contribution in [0.1, 0.15) is 49.8 Å². The largest absolute Gasteiger partial charge is 0.385 e. The van der Waals surface area contributed by atoms with Crippen molar-refractivity contribution in [1.82, 2.24) is 0 Å². The zero-order valence-corrected chi connectivity index (χ0v) is 9.71. The van der Waals surface area contributed by atoms with E-state index >= 15 is 0 Å². The normalized spacial score (nSPS) is 19.4. The molecule has 1 aromatic rings. The molecule has 1 N–H and O–H groups in total. The standard InChI is InChI=1S/C14H20O/c1-3-14(2,15)13-9-8-11-6-4-5-7-12(11)10-13/h8-10,15H,3-7H2,1-2H3. The van der Waals surface area contributed by atoms with E-state index in [2.05, 4.69) is 18.2 Å². The van der Waals surface area contributed by atoms with Crippen molar-refractivity contribution in [2.75, 3.05) is 0 Å². The first-order chi connectivity index (χ1) is 7.13. The molecule has 1 heteroatoms. The van der Waals surface area contributed by atoms with Crippen molar-refractivity contribution in [1.29, 1.82) is 0 Å². The molecule has 0 spiro atoms. The van der Waals surface area contributed by atoms with E-state index in [1.807, 2.05) is 13.8 Å². The molecule has 0 radical (unpaired) electrons. The van der Waals surface area contributed by atoms with Crippen LogP contribution in [0.3, 0.4) is 0 Å². The molecule has 1 aliphatic rings. The second kappa shape index (κ2) is 3.97. The minimum atomic E-state index is -0.660. The molecule has 1 nitrogen and oxygen atoms in total. The van der Waals surface area contributed by atoms with E-state index < -0.39 is 5.60 Å². The molecular formula is C14H20O. The van der Waals surface area contributed by atoms with Crippen molar-refractivity contribution in [3.63, 3.8) is 0 Å². The maximum atomic E-state index is 10.2. The minimum absolute atomic E-state index is 0.660. The molecule has 1 aromatic carbocycles. The van der Waals surface area contributed by atoms with E-state index in [4.69, 9.17) is 0 Å². The van der Waals surface area contributed by atoms with E-state index in [0.29, 0.717) is 0 Å². The summed E-state index contributed by atoms with van der Waals surface area (Å²) in [6, 6.07) is 6.50. The van der Waals surface area contributed by atoms with Gasteiger partial charge in [0.1, 0.15) is 0 Å². The lowest BCUT2D eigenvalue weighted by Crippen LogP contribution is -2.20. The summed E-state index contributed by atoms with van der Waals surface area (Å²) in [5, 5.41) is 10.2. The first kappa shape index (κ1) is 10.7. The number of fused-ring (bicyclic) bond motifs is 1. The number of benzene rings is 1. The minimum Gasteiger partial charge on any atom is -0.385 e. The predicted molar refractivity (Wildman–Crippen MR) is 62.9 cm³/mol. The number of aliphatic hydroxyl groups is 1. The average molecular weight is 204 g/mol. The van der Waals surface area contributed by atoms with Crippen LogP contribution >= 0.6 is 0 Å². The van der Waals surface area contributed by atoms with E-state index in [-0.39, 0.29) is 0 Å². The van der Waals surface area contributed by atoms with E-state index in [9.17, 15) is 5.11 Å². The molecule has 82 valence electrons. The molecule has 1 atom stereocenters. The van der Waals surface area contributed by atoms with Crippen LogP contribution in [0.15, 0.2) is 18.2 Å². The summed E-state index contributed by atoms with van der Waals surface area (Å²) in [6.45, 7) is 3.93. The van der Waals surface area contributed by atoms with Crippen molar-refractivity contribution in [3.05, 3.63) is 34.9 Å². The van der Waals surface area contributed by atoms with Gasteiger partial charge in [-0.3, -0.25) is 0 Å². The van der Waals surface area contributed by atoms with Crippen LogP contribution in [0.25, 0.3) is 0 Å². The highest BCUT2D eigenvalue weighted by Crippen LogP contribution is 2.29. The van der Waals surface area contributed by atoms with Gasteiger partial charge in [0, 0.05) is 0 Å². The molecule has 0 bridgehead atoms. The second-order valence-corrected chi connectivity index (χ2v) is 4.82. The Hall–Kier alpha value is -0.820. The van der Waals surface area contributed by atoms with Gasteiger partial charge in [-0.05, 0) is 55.7 Å². The van der Waals surface area contributed by atoms with Gasteiger partial charge in [-0.2, -0.15) is 0 Å². The van der Waals surface area contributed by atoms with Crippen molar-refractivity contribution in [2.45, 2.75) is 51.6 Å². The Labute approximate surface area is 92.1 Å². The molecule has 0 amide bonds. The van der Waals surface area contributed by atoms with Crippen LogP contribution in [0.4, 0.5) is 0 Å². The van der Waals surface area contributed by atoms with Gasteiger partial charge >= 0.3 is 0 Å². The Balaban J connectivity index is 2.36. The maximum absolute atomic E-state index is 10.2. The van der Waals surface area contributed by atoms with Crippen molar-refractivity contribution >= 4 is 0 Å². The van der Waals surface area contributed by atoms with Crippen LogP contribution in [-0.2, 0) is 18.4 Å². The zero-order valence-electron chi connectivity index (χ0n) is 9.71. The number of hydrogen-bond donors (Lipinski definition) is 1. The molecule has 0 aliphatic heterocycles. The van der Waals surface area contributed by atoms with Gasteiger partial charge in [0.25, 0.3) is 0 Å². The Bertz CT molecular complexity index is 352. The molecule has 0 aromatic heterocycles. The highest BCUT2D eigenvalue weighted by Gasteiger charge is 2.21. The summed E-state index contributed by atoms with van der Waals surface area (Å²) in [7, 11) is 0. The van der Waals surface area contributed by atoms with Gasteiger partial charge in [0.15, 0.2) is 0 Å². The number of hydrogen-bond acceptors (Lipinski definition) is 1. The molecule has 1 aliphatic carbocycles. The fourth-order valence-corrected chi connectivity index (χ4v) is 2.27. The van der Waals surface area contributed by atoms with Gasteiger partial charge in [-0.1, -0.05) is 25.1 Å². The first-order valence-corrected chi connectivity index (χ1v) is 5.98. The third-order valence-corrected chi connectivity index (χ3v) is 3.66. The van der Waals surface area contributed by atoms with Gasteiger partial charge < -0.3 is 5.11 Å². The van der Waals surface area contributed by atoms with Crippen molar-refractivity contribution in [2.24, 2.45) is 0 Å². The number of rotatable bonds is 2. The molecule has 0 fully saturated rings. The molecule has 15 heavy (non-hydrogen) atoms. The summed E-state index contributed by atoms with van der Waals surface area (Å²) >= 11 is 0. The van der Waals surface area contributed by atoms with Crippen LogP contribution in [0, 0.1) is 0 Å². The topological polar surface area (TPSA) is 20.2 Å². The third-order valence-electron chi connectivity index (χ3n) is 3.66. The van der Waals surface area contributed by atoms with E-state index in [0.717, 1.165) is 12.0 Å². The maximum Gasteiger partial charge on any atom is 0.0866 e. The zero-order chi connectivity index (χ0) is 10.9. The molecule has 0 heterocycles. The predicted octanol–water partition coefficient (Wildman–Crippen LogP) is 3.18. The Morgan fingerprint density at radius 2 is 1.87 bits per heavy atom. The highest BCUT2D eigenvalue weighted by atomic mass is 16.3. The third kappa shape index (κ3) is 2.07. The number of aryl methyl sites for hydroxylation is 2. The molecule has 2 rings (SSSR count).